The van der Waals surface area contributed by atoms with Crippen LogP contribution in [-0.2, 0) is 4.79 Å². The molecule has 7 nitrogen and oxygen atoms in total. The van der Waals surface area contributed by atoms with E-state index in [0.717, 1.165) is 6.42 Å². The highest BCUT2D eigenvalue weighted by molar-refractivity contribution is 5.76. The summed E-state index contributed by atoms with van der Waals surface area (Å²) in [6.07, 6.45) is 1.20. The van der Waals surface area contributed by atoms with E-state index in [9.17, 15) is 14.9 Å². The van der Waals surface area contributed by atoms with Crippen molar-refractivity contribution >= 4 is 23.0 Å². The summed E-state index contributed by atoms with van der Waals surface area (Å²) >= 11 is 0. The third-order valence-corrected chi connectivity index (χ3v) is 2.40. The number of nitrogens with one attached hydrogen (secondary N) is 2. The van der Waals surface area contributed by atoms with Crippen LogP contribution >= 0.6 is 0 Å². The highest BCUT2D eigenvalue weighted by Gasteiger charge is 2.08. The largest absolute Gasteiger partial charge is 0.398 e. The highest BCUT2D eigenvalue weighted by atomic mass is 16.6. The Balaban J connectivity index is 2.49. The summed E-state index contributed by atoms with van der Waals surface area (Å²) in [6.45, 7) is 3.03. The molecule has 1 amide bonds. The van der Waals surface area contributed by atoms with E-state index in [1.165, 1.54) is 12.1 Å². The third-order valence-electron chi connectivity index (χ3n) is 2.40. The van der Waals surface area contributed by atoms with Crippen molar-refractivity contribution < 1.29 is 9.72 Å². The summed E-state index contributed by atoms with van der Waals surface area (Å²) in [6, 6.07) is 4.27. The molecule has 0 heterocycles. The Hall–Kier alpha value is -2.31. The molecule has 0 radical (unpaired) electrons. The van der Waals surface area contributed by atoms with Gasteiger partial charge in [-0.25, -0.2) is 0 Å². The molecule has 0 atom stereocenters. The molecule has 0 spiro atoms. The number of rotatable bonds is 7. The standard InChI is InChI=1S/C12H18N4O3/c1-2-4-15-12(17)3-5-14-10-6-9(13)7-11(8-10)16(18)19/h6-8,14H,2-5,13H2,1H3,(H,15,17). The molecule has 19 heavy (non-hydrogen) atoms. The maximum atomic E-state index is 11.4. The fourth-order valence-corrected chi connectivity index (χ4v) is 1.52. The molecule has 0 fully saturated rings. The van der Waals surface area contributed by atoms with Crippen LogP contribution in [0.3, 0.4) is 0 Å². The van der Waals surface area contributed by atoms with Crippen molar-refractivity contribution in [1.82, 2.24) is 5.32 Å². The van der Waals surface area contributed by atoms with Crippen LogP contribution in [0.15, 0.2) is 18.2 Å². The van der Waals surface area contributed by atoms with Gasteiger partial charge >= 0.3 is 0 Å². The van der Waals surface area contributed by atoms with Crippen molar-refractivity contribution in [2.75, 3.05) is 24.1 Å². The van der Waals surface area contributed by atoms with Gasteiger partial charge in [0.15, 0.2) is 0 Å². The number of benzene rings is 1. The number of nitro groups is 1. The number of nitrogen functional groups attached to an aromatic ring is 1. The lowest BCUT2D eigenvalue weighted by Gasteiger charge is -2.07. The molecule has 0 aliphatic heterocycles. The smallest absolute Gasteiger partial charge is 0.273 e. The summed E-state index contributed by atoms with van der Waals surface area (Å²) in [5.41, 5.74) is 6.35. The first-order valence-corrected chi connectivity index (χ1v) is 6.08. The summed E-state index contributed by atoms with van der Waals surface area (Å²) < 4.78 is 0. The van der Waals surface area contributed by atoms with Crippen LogP contribution in [0.4, 0.5) is 17.1 Å². The molecule has 7 heteroatoms. The molecule has 0 unspecified atom stereocenters. The van der Waals surface area contributed by atoms with E-state index in [1.807, 2.05) is 6.92 Å². The van der Waals surface area contributed by atoms with Crippen LogP contribution < -0.4 is 16.4 Å². The lowest BCUT2D eigenvalue weighted by Crippen LogP contribution is -2.25. The van der Waals surface area contributed by atoms with Gasteiger partial charge in [-0.15, -0.1) is 0 Å². The number of nitrogens with two attached hydrogens (primary N) is 1. The molecule has 104 valence electrons. The van der Waals surface area contributed by atoms with E-state index >= 15 is 0 Å². The summed E-state index contributed by atoms with van der Waals surface area (Å²) in [5.74, 6) is -0.0484. The number of nitrogens with zero attached hydrogens (tertiary/aromatic N) is 1. The van der Waals surface area contributed by atoms with E-state index in [0.29, 0.717) is 30.9 Å². The molecule has 0 saturated carbocycles. The van der Waals surface area contributed by atoms with Gasteiger partial charge in [-0.1, -0.05) is 6.92 Å². The highest BCUT2D eigenvalue weighted by Crippen LogP contribution is 2.22. The van der Waals surface area contributed by atoms with Gasteiger partial charge in [0.25, 0.3) is 5.69 Å². The zero-order valence-electron chi connectivity index (χ0n) is 10.8. The number of amides is 1. The molecule has 0 saturated heterocycles. The third kappa shape index (κ3) is 5.24. The molecule has 1 aromatic rings. The number of hydrogen-bond donors (Lipinski definition) is 3. The molecular weight excluding hydrogens is 248 g/mol. The van der Waals surface area contributed by atoms with Crippen LogP contribution in [0.25, 0.3) is 0 Å². The molecule has 4 N–H and O–H groups in total. The number of carbonyl (C=O) groups is 1. The SMILES string of the molecule is CCCNC(=O)CCNc1cc(N)cc([N+](=O)[O-])c1. The van der Waals surface area contributed by atoms with Crippen molar-refractivity contribution in [3.63, 3.8) is 0 Å². The second-order valence-electron chi connectivity index (χ2n) is 4.10. The predicted octanol–water partition coefficient (Wildman–Crippen LogP) is 1.51. The minimum Gasteiger partial charge on any atom is -0.398 e. The van der Waals surface area contributed by atoms with Gasteiger partial charge in [0, 0.05) is 43.0 Å². The van der Waals surface area contributed by atoms with Gasteiger partial charge in [0.1, 0.15) is 0 Å². The van der Waals surface area contributed by atoms with Gasteiger partial charge in [0.2, 0.25) is 5.91 Å². The van der Waals surface area contributed by atoms with Gasteiger partial charge in [-0.05, 0) is 12.5 Å². The first-order chi connectivity index (χ1) is 9.02. The Kier molecular flexibility index (Phi) is 5.59. The van der Waals surface area contributed by atoms with Gasteiger partial charge < -0.3 is 16.4 Å². The number of anilines is 2. The number of hydrogen-bond acceptors (Lipinski definition) is 5. The van der Waals surface area contributed by atoms with E-state index in [2.05, 4.69) is 10.6 Å². The zero-order valence-corrected chi connectivity index (χ0v) is 10.8. The lowest BCUT2D eigenvalue weighted by atomic mass is 10.2. The lowest BCUT2D eigenvalue weighted by molar-refractivity contribution is -0.384. The fourth-order valence-electron chi connectivity index (χ4n) is 1.52. The Bertz CT molecular complexity index is 462. The number of carbonyl (C=O) groups excluding carboxylic acids is 1. The van der Waals surface area contributed by atoms with Crippen LogP contribution in [0.2, 0.25) is 0 Å². The van der Waals surface area contributed by atoms with E-state index in [1.54, 1.807) is 6.07 Å². The quantitative estimate of drug-likeness (QED) is 0.393. The minimum absolute atomic E-state index is 0.0484. The summed E-state index contributed by atoms with van der Waals surface area (Å²) in [5, 5.41) is 16.4. The van der Waals surface area contributed by atoms with Crippen molar-refractivity contribution in [1.29, 1.82) is 0 Å². The average molecular weight is 266 g/mol. The van der Waals surface area contributed by atoms with E-state index in [4.69, 9.17) is 5.73 Å². The van der Waals surface area contributed by atoms with Crippen molar-refractivity contribution in [2.24, 2.45) is 0 Å². The first kappa shape index (κ1) is 14.7. The Morgan fingerprint density at radius 3 is 2.74 bits per heavy atom. The van der Waals surface area contributed by atoms with Crippen LogP contribution in [-0.4, -0.2) is 23.9 Å². The van der Waals surface area contributed by atoms with Crippen molar-refractivity contribution in [2.45, 2.75) is 19.8 Å². The molecule has 1 rings (SSSR count). The minimum atomic E-state index is -0.504. The van der Waals surface area contributed by atoms with Gasteiger partial charge in [-0.2, -0.15) is 0 Å². The number of non-ortho nitro benzene ring substituents is 1. The topological polar surface area (TPSA) is 110 Å². The Morgan fingerprint density at radius 2 is 2.11 bits per heavy atom. The normalized spacial score (nSPS) is 9.95. The second-order valence-corrected chi connectivity index (χ2v) is 4.10. The maximum absolute atomic E-state index is 11.4. The average Bonchev–Trinajstić information content (AvgIpc) is 2.35. The Morgan fingerprint density at radius 1 is 1.37 bits per heavy atom. The maximum Gasteiger partial charge on any atom is 0.273 e. The second kappa shape index (κ2) is 7.20. The molecule has 0 bridgehead atoms. The van der Waals surface area contributed by atoms with Crippen molar-refractivity contribution in [3.05, 3.63) is 28.3 Å². The van der Waals surface area contributed by atoms with Gasteiger partial charge in [0.05, 0.1) is 4.92 Å². The van der Waals surface area contributed by atoms with Crippen LogP contribution in [0.5, 0.6) is 0 Å². The monoisotopic (exact) mass is 266 g/mol. The summed E-state index contributed by atoms with van der Waals surface area (Å²) in [4.78, 5) is 21.5. The molecule has 0 aliphatic rings. The molecule has 1 aromatic carbocycles. The molecular formula is C12H18N4O3. The van der Waals surface area contributed by atoms with Crippen molar-refractivity contribution in [3.8, 4) is 0 Å². The van der Waals surface area contributed by atoms with Crippen LogP contribution in [0, 0.1) is 10.1 Å². The zero-order chi connectivity index (χ0) is 14.3. The Labute approximate surface area is 111 Å². The first-order valence-electron chi connectivity index (χ1n) is 6.08. The fraction of sp³-hybridized carbons (Fsp3) is 0.417. The van der Waals surface area contributed by atoms with E-state index in [-0.39, 0.29) is 11.6 Å². The molecule has 0 aromatic heterocycles. The summed E-state index contributed by atoms with van der Waals surface area (Å²) in [7, 11) is 0. The van der Waals surface area contributed by atoms with Crippen LogP contribution in [0.1, 0.15) is 19.8 Å². The van der Waals surface area contributed by atoms with Gasteiger partial charge in [-0.3, -0.25) is 14.9 Å². The van der Waals surface area contributed by atoms with E-state index < -0.39 is 4.92 Å². The predicted molar refractivity (Wildman–Crippen MR) is 73.9 cm³/mol. The molecule has 0 aliphatic carbocycles. The number of nitro benzene ring substituents is 1.